The first-order chi connectivity index (χ1) is 10.8. The molecule has 5 nitrogen and oxygen atoms in total. The van der Waals surface area contributed by atoms with E-state index in [1.807, 2.05) is 0 Å². The molecule has 0 atom stereocenters. The minimum Gasteiger partial charge on any atom is -0.507 e. The van der Waals surface area contributed by atoms with Gasteiger partial charge in [0.15, 0.2) is 5.78 Å². The Balaban J connectivity index is 2.42. The van der Waals surface area contributed by atoms with Gasteiger partial charge in [-0.3, -0.25) is 4.79 Å². The van der Waals surface area contributed by atoms with Gasteiger partial charge in [0, 0.05) is 5.56 Å². The molecule has 23 heavy (non-hydrogen) atoms. The molecule has 2 rings (SSSR count). The van der Waals surface area contributed by atoms with E-state index in [-0.39, 0.29) is 34.3 Å². The van der Waals surface area contributed by atoms with Crippen molar-refractivity contribution in [1.29, 1.82) is 0 Å². The fourth-order valence-corrected chi connectivity index (χ4v) is 2.11. The number of hydrogen-bond acceptors (Lipinski definition) is 5. The molecule has 2 N–H and O–H groups in total. The summed E-state index contributed by atoms with van der Waals surface area (Å²) < 4.78 is 5.04. The second-order valence-corrected chi connectivity index (χ2v) is 5.54. The van der Waals surface area contributed by atoms with Gasteiger partial charge in [0.1, 0.15) is 17.1 Å². The molecule has 0 saturated carbocycles. The van der Waals surface area contributed by atoms with Crippen LogP contribution >= 0.6 is 0 Å². The third-order valence-corrected chi connectivity index (χ3v) is 3.22. The summed E-state index contributed by atoms with van der Waals surface area (Å²) in [5.74, 6) is -1.55. The number of carbonyl (C=O) groups is 2. The van der Waals surface area contributed by atoms with Gasteiger partial charge in [-0.1, -0.05) is 11.6 Å². The lowest BCUT2D eigenvalue weighted by Gasteiger charge is -2.11. The second kappa shape index (κ2) is 6.52. The highest BCUT2D eigenvalue weighted by Gasteiger charge is 2.19. The molecule has 0 fully saturated rings. The Hall–Kier alpha value is -2.82. The van der Waals surface area contributed by atoms with E-state index in [1.54, 1.807) is 32.9 Å². The van der Waals surface area contributed by atoms with Crippen LogP contribution < -0.4 is 0 Å². The fourth-order valence-electron chi connectivity index (χ4n) is 2.11. The Morgan fingerprint density at radius 2 is 1.57 bits per heavy atom. The van der Waals surface area contributed by atoms with Gasteiger partial charge in [-0.15, -0.1) is 0 Å². The zero-order valence-corrected chi connectivity index (χ0v) is 13.2. The molecule has 0 aliphatic rings. The number of ketones is 1. The zero-order chi connectivity index (χ0) is 17.1. The van der Waals surface area contributed by atoms with Gasteiger partial charge in [-0.05, 0) is 51.1 Å². The van der Waals surface area contributed by atoms with Gasteiger partial charge >= 0.3 is 5.97 Å². The van der Waals surface area contributed by atoms with Crippen LogP contribution in [0.2, 0.25) is 0 Å². The Kier molecular flexibility index (Phi) is 4.69. The number of hydrogen-bond donors (Lipinski definition) is 2. The summed E-state index contributed by atoms with van der Waals surface area (Å²) in [7, 11) is 0. The van der Waals surface area contributed by atoms with Crippen LogP contribution in [-0.4, -0.2) is 28.1 Å². The average molecular weight is 314 g/mol. The zero-order valence-electron chi connectivity index (χ0n) is 13.2. The molecule has 0 bridgehead atoms. The number of phenolic OH excluding ortho intramolecular Hbond substituents is 2. The normalized spacial score (nSPS) is 10.6. The monoisotopic (exact) mass is 314 g/mol. The maximum atomic E-state index is 12.5. The lowest BCUT2D eigenvalue weighted by molar-refractivity contribution is 0.0374. The van der Waals surface area contributed by atoms with Crippen molar-refractivity contribution in [3.63, 3.8) is 0 Å². The number of aromatic hydroxyl groups is 2. The first kappa shape index (κ1) is 16.5. The predicted molar refractivity (Wildman–Crippen MR) is 84.9 cm³/mol. The van der Waals surface area contributed by atoms with Crippen LogP contribution in [-0.2, 0) is 4.74 Å². The Labute approximate surface area is 134 Å². The maximum absolute atomic E-state index is 12.5. The van der Waals surface area contributed by atoms with Crippen molar-refractivity contribution in [2.24, 2.45) is 0 Å². The molecule has 0 heterocycles. The summed E-state index contributed by atoms with van der Waals surface area (Å²) in [4.78, 5) is 24.5. The maximum Gasteiger partial charge on any atom is 0.342 e. The van der Waals surface area contributed by atoms with Crippen LogP contribution in [0.15, 0.2) is 36.4 Å². The van der Waals surface area contributed by atoms with Crippen LogP contribution in [0.25, 0.3) is 0 Å². The van der Waals surface area contributed by atoms with Crippen LogP contribution in [0, 0.1) is 6.92 Å². The molecule has 0 aliphatic heterocycles. The highest BCUT2D eigenvalue weighted by atomic mass is 16.5. The predicted octanol–water partition coefficient (Wildman–Crippen LogP) is 3.20. The van der Waals surface area contributed by atoms with E-state index >= 15 is 0 Å². The standard InChI is InChI=1S/C18H18O5/c1-10(2)23-18(22)14-9-12(5-7-16(14)20)17(21)13-8-11(3)4-6-15(13)19/h4-10,19-20H,1-3H3. The molecule has 5 heteroatoms. The quantitative estimate of drug-likeness (QED) is 0.669. The summed E-state index contributed by atoms with van der Waals surface area (Å²) in [5, 5.41) is 19.7. The van der Waals surface area contributed by atoms with Crippen LogP contribution in [0.1, 0.15) is 45.7 Å². The number of phenols is 2. The highest BCUT2D eigenvalue weighted by molar-refractivity contribution is 6.11. The second-order valence-electron chi connectivity index (χ2n) is 5.54. The minimum absolute atomic E-state index is 0.0864. The molecule has 0 aliphatic carbocycles. The van der Waals surface area contributed by atoms with E-state index in [1.165, 1.54) is 24.3 Å². The van der Waals surface area contributed by atoms with Gasteiger partial charge in [0.2, 0.25) is 0 Å². The van der Waals surface area contributed by atoms with Gasteiger partial charge in [0.25, 0.3) is 0 Å². The molecular weight excluding hydrogens is 296 g/mol. The van der Waals surface area contributed by atoms with Crippen molar-refractivity contribution < 1.29 is 24.5 Å². The van der Waals surface area contributed by atoms with Crippen LogP contribution in [0.5, 0.6) is 11.5 Å². The van der Waals surface area contributed by atoms with Crippen molar-refractivity contribution in [2.75, 3.05) is 0 Å². The fraction of sp³-hybridized carbons (Fsp3) is 0.222. The molecule has 2 aromatic carbocycles. The molecule has 0 saturated heterocycles. The van der Waals surface area contributed by atoms with E-state index < -0.39 is 11.8 Å². The van der Waals surface area contributed by atoms with Crippen molar-refractivity contribution in [2.45, 2.75) is 26.9 Å². The molecule has 0 amide bonds. The largest absolute Gasteiger partial charge is 0.507 e. The van der Waals surface area contributed by atoms with Gasteiger partial charge in [0.05, 0.1) is 11.7 Å². The van der Waals surface area contributed by atoms with E-state index in [4.69, 9.17) is 4.74 Å². The van der Waals surface area contributed by atoms with Gasteiger partial charge < -0.3 is 14.9 Å². The molecular formula is C18H18O5. The summed E-state index contributed by atoms with van der Waals surface area (Å²) in [6.45, 7) is 5.18. The van der Waals surface area contributed by atoms with Crippen molar-refractivity contribution in [3.05, 3.63) is 58.7 Å². The lowest BCUT2D eigenvalue weighted by atomic mass is 9.98. The van der Waals surface area contributed by atoms with Gasteiger partial charge in [-0.2, -0.15) is 0 Å². The first-order valence-corrected chi connectivity index (χ1v) is 7.18. The van der Waals surface area contributed by atoms with Crippen LogP contribution in [0.4, 0.5) is 0 Å². The number of benzene rings is 2. The summed E-state index contributed by atoms with van der Waals surface area (Å²) in [6.07, 6.45) is -0.345. The van der Waals surface area contributed by atoms with E-state index in [2.05, 4.69) is 0 Å². The topological polar surface area (TPSA) is 83.8 Å². The Morgan fingerprint density at radius 3 is 2.22 bits per heavy atom. The third kappa shape index (κ3) is 3.69. The number of carbonyl (C=O) groups excluding carboxylic acids is 2. The molecule has 0 unspecified atom stereocenters. The van der Waals surface area contributed by atoms with Crippen LogP contribution in [0.3, 0.4) is 0 Å². The SMILES string of the molecule is Cc1ccc(O)c(C(=O)c2ccc(O)c(C(=O)OC(C)C)c2)c1. The van der Waals surface area contributed by atoms with E-state index in [9.17, 15) is 19.8 Å². The lowest BCUT2D eigenvalue weighted by Crippen LogP contribution is -2.13. The van der Waals surface area contributed by atoms with E-state index in [0.29, 0.717) is 0 Å². The minimum atomic E-state index is -0.708. The summed E-state index contributed by atoms with van der Waals surface area (Å²) in [5.41, 5.74) is 1.05. The smallest absolute Gasteiger partial charge is 0.342 e. The average Bonchev–Trinajstić information content (AvgIpc) is 2.48. The number of ether oxygens (including phenoxy) is 1. The molecule has 0 radical (unpaired) electrons. The summed E-state index contributed by atoms with van der Waals surface area (Å²) in [6, 6.07) is 8.62. The van der Waals surface area contributed by atoms with Gasteiger partial charge in [-0.25, -0.2) is 4.79 Å². The van der Waals surface area contributed by atoms with Crippen molar-refractivity contribution in [1.82, 2.24) is 0 Å². The molecule has 0 aromatic heterocycles. The van der Waals surface area contributed by atoms with Crippen molar-refractivity contribution in [3.8, 4) is 11.5 Å². The van der Waals surface area contributed by atoms with E-state index in [0.717, 1.165) is 5.56 Å². The molecule has 120 valence electrons. The summed E-state index contributed by atoms with van der Waals surface area (Å²) >= 11 is 0. The Morgan fingerprint density at radius 1 is 0.957 bits per heavy atom. The molecule has 2 aromatic rings. The highest BCUT2D eigenvalue weighted by Crippen LogP contribution is 2.25. The number of aryl methyl sites for hydroxylation is 1. The number of rotatable bonds is 4. The third-order valence-electron chi connectivity index (χ3n) is 3.22. The first-order valence-electron chi connectivity index (χ1n) is 7.18. The molecule has 0 spiro atoms. The Bertz CT molecular complexity index is 762. The van der Waals surface area contributed by atoms with Crippen molar-refractivity contribution >= 4 is 11.8 Å². The number of esters is 1.